The maximum atomic E-state index is 12.3. The van der Waals surface area contributed by atoms with Gasteiger partial charge >= 0.3 is 12.1 Å². The predicted molar refractivity (Wildman–Crippen MR) is 98.4 cm³/mol. The Morgan fingerprint density at radius 3 is 2.46 bits per heavy atom. The molecule has 10 heteroatoms. The maximum Gasteiger partial charge on any atom is 0.471 e. The highest BCUT2D eigenvalue weighted by atomic mass is 35.5. The Hall–Kier alpha value is -3.07. The molecule has 2 N–H and O–H groups in total. The number of carbonyl (C=O) groups is 2. The Labute approximate surface area is 163 Å². The fourth-order valence-electron chi connectivity index (χ4n) is 1.95. The quantitative estimate of drug-likeness (QED) is 0.559. The molecular formula is C18H15ClF3N3O3. The molecule has 0 fully saturated rings. The highest BCUT2D eigenvalue weighted by Gasteiger charge is 2.38. The topological polar surface area (TPSA) is 79.8 Å². The number of hydrogen-bond acceptors (Lipinski definition) is 4. The van der Waals surface area contributed by atoms with Gasteiger partial charge < -0.3 is 10.1 Å². The van der Waals surface area contributed by atoms with E-state index in [1.807, 2.05) is 0 Å². The smallest absolute Gasteiger partial charge is 0.471 e. The van der Waals surface area contributed by atoms with Crippen LogP contribution >= 0.6 is 11.6 Å². The summed E-state index contributed by atoms with van der Waals surface area (Å²) in [5.74, 6) is -2.16. The number of nitrogens with one attached hydrogen (secondary N) is 2. The second-order valence-electron chi connectivity index (χ2n) is 5.51. The standard InChI is InChI=1S/C18H15ClF3N3O3/c1-11(12-3-2-4-14(9-12)23-17(27)18(20,21)22)24-25-16(26)10-28-15-7-5-13(19)6-8-15/h2-9H,10H2,1H3,(H,23,27)(H,25,26). The van der Waals surface area contributed by atoms with Crippen molar-refractivity contribution in [2.75, 3.05) is 11.9 Å². The number of benzene rings is 2. The largest absolute Gasteiger partial charge is 0.484 e. The van der Waals surface area contributed by atoms with E-state index in [2.05, 4.69) is 10.5 Å². The minimum atomic E-state index is -4.99. The van der Waals surface area contributed by atoms with E-state index in [9.17, 15) is 22.8 Å². The number of halogens is 4. The number of hydrazone groups is 1. The Morgan fingerprint density at radius 2 is 1.82 bits per heavy atom. The van der Waals surface area contributed by atoms with Gasteiger partial charge in [-0.15, -0.1) is 0 Å². The highest BCUT2D eigenvalue weighted by Crippen LogP contribution is 2.19. The van der Waals surface area contributed by atoms with Gasteiger partial charge in [-0.2, -0.15) is 18.3 Å². The summed E-state index contributed by atoms with van der Waals surface area (Å²) in [5, 5.41) is 6.15. The van der Waals surface area contributed by atoms with Gasteiger partial charge in [-0.05, 0) is 48.9 Å². The molecule has 0 saturated heterocycles. The Kier molecular flexibility index (Phi) is 7.00. The van der Waals surface area contributed by atoms with Gasteiger partial charge in [0.1, 0.15) is 5.75 Å². The van der Waals surface area contributed by atoms with Crippen molar-refractivity contribution in [3.8, 4) is 5.75 Å². The number of ether oxygens (including phenoxy) is 1. The summed E-state index contributed by atoms with van der Waals surface area (Å²) in [6.07, 6.45) is -4.99. The van der Waals surface area contributed by atoms with Crippen molar-refractivity contribution < 1.29 is 27.5 Å². The van der Waals surface area contributed by atoms with Gasteiger partial charge in [-0.1, -0.05) is 23.7 Å². The first-order valence-corrected chi connectivity index (χ1v) is 8.23. The second-order valence-corrected chi connectivity index (χ2v) is 5.94. The average molecular weight is 414 g/mol. The van der Waals surface area contributed by atoms with Crippen LogP contribution in [0.2, 0.25) is 5.02 Å². The third-order valence-electron chi connectivity index (χ3n) is 3.33. The number of nitrogens with zero attached hydrogens (tertiary/aromatic N) is 1. The van der Waals surface area contributed by atoms with E-state index in [1.165, 1.54) is 18.2 Å². The summed E-state index contributed by atoms with van der Waals surface area (Å²) >= 11 is 5.75. The van der Waals surface area contributed by atoms with Gasteiger partial charge in [0.15, 0.2) is 6.61 Å². The number of alkyl halides is 3. The van der Waals surface area contributed by atoms with Crippen LogP contribution in [-0.4, -0.2) is 30.3 Å². The molecule has 0 radical (unpaired) electrons. The van der Waals surface area contributed by atoms with Crippen molar-refractivity contribution in [2.45, 2.75) is 13.1 Å². The molecule has 2 aromatic rings. The van der Waals surface area contributed by atoms with Crippen LogP contribution in [0, 0.1) is 0 Å². The van der Waals surface area contributed by atoms with E-state index >= 15 is 0 Å². The van der Waals surface area contributed by atoms with E-state index in [0.717, 1.165) is 0 Å². The Balaban J connectivity index is 1.93. The van der Waals surface area contributed by atoms with Gasteiger partial charge in [0.2, 0.25) is 0 Å². The fraction of sp³-hybridized carbons (Fsp3) is 0.167. The third-order valence-corrected chi connectivity index (χ3v) is 3.58. The molecule has 6 nitrogen and oxygen atoms in total. The molecule has 2 rings (SSSR count). The number of hydrogen-bond donors (Lipinski definition) is 2. The molecule has 0 unspecified atom stereocenters. The molecule has 148 valence electrons. The van der Waals surface area contributed by atoms with Crippen LogP contribution in [0.4, 0.5) is 18.9 Å². The number of carbonyl (C=O) groups excluding carboxylic acids is 2. The molecule has 0 spiro atoms. The van der Waals surface area contributed by atoms with Crippen LogP contribution in [0.5, 0.6) is 5.75 Å². The fourth-order valence-corrected chi connectivity index (χ4v) is 2.07. The zero-order chi connectivity index (χ0) is 20.7. The molecule has 0 aliphatic heterocycles. The number of anilines is 1. The van der Waals surface area contributed by atoms with E-state index in [0.29, 0.717) is 22.0 Å². The highest BCUT2D eigenvalue weighted by molar-refractivity contribution is 6.30. The summed E-state index contributed by atoms with van der Waals surface area (Å²) < 4.78 is 42.2. The lowest BCUT2D eigenvalue weighted by atomic mass is 10.1. The molecular weight excluding hydrogens is 399 g/mol. The van der Waals surface area contributed by atoms with E-state index in [-0.39, 0.29) is 12.3 Å². The molecule has 0 bridgehead atoms. The average Bonchev–Trinajstić information content (AvgIpc) is 2.65. The van der Waals surface area contributed by atoms with Crippen molar-refractivity contribution in [2.24, 2.45) is 5.10 Å². The van der Waals surface area contributed by atoms with Crippen LogP contribution in [0.1, 0.15) is 12.5 Å². The Bertz CT molecular complexity index is 884. The number of rotatable bonds is 6. The maximum absolute atomic E-state index is 12.3. The van der Waals surface area contributed by atoms with Gasteiger partial charge in [0.25, 0.3) is 5.91 Å². The van der Waals surface area contributed by atoms with Crippen LogP contribution < -0.4 is 15.5 Å². The minimum Gasteiger partial charge on any atom is -0.484 e. The first-order chi connectivity index (χ1) is 13.1. The lowest BCUT2D eigenvalue weighted by Crippen LogP contribution is -2.30. The van der Waals surface area contributed by atoms with Crippen molar-refractivity contribution in [3.63, 3.8) is 0 Å². The van der Waals surface area contributed by atoms with Gasteiger partial charge in [0.05, 0.1) is 5.71 Å². The zero-order valence-electron chi connectivity index (χ0n) is 14.5. The van der Waals surface area contributed by atoms with Crippen molar-refractivity contribution in [1.29, 1.82) is 0 Å². The first kappa shape index (κ1) is 21.2. The Morgan fingerprint density at radius 1 is 1.14 bits per heavy atom. The molecule has 0 saturated carbocycles. The monoisotopic (exact) mass is 413 g/mol. The summed E-state index contributed by atoms with van der Waals surface area (Å²) in [5.41, 5.74) is 2.97. The molecule has 2 amide bonds. The number of amides is 2. The first-order valence-electron chi connectivity index (χ1n) is 7.85. The summed E-state index contributed by atoms with van der Waals surface area (Å²) in [4.78, 5) is 22.8. The lowest BCUT2D eigenvalue weighted by Gasteiger charge is -2.09. The SMILES string of the molecule is CC(=NNC(=O)COc1ccc(Cl)cc1)c1cccc(NC(=O)C(F)(F)F)c1. The molecule has 0 aromatic heterocycles. The van der Waals surface area contributed by atoms with Crippen molar-refractivity contribution in [3.05, 3.63) is 59.1 Å². The van der Waals surface area contributed by atoms with E-state index < -0.39 is 18.0 Å². The summed E-state index contributed by atoms with van der Waals surface area (Å²) in [6.45, 7) is 1.26. The van der Waals surface area contributed by atoms with Crippen LogP contribution in [0.3, 0.4) is 0 Å². The van der Waals surface area contributed by atoms with Crippen molar-refractivity contribution in [1.82, 2.24) is 5.43 Å². The predicted octanol–water partition coefficient (Wildman–Crippen LogP) is 3.76. The lowest BCUT2D eigenvalue weighted by molar-refractivity contribution is -0.167. The van der Waals surface area contributed by atoms with Crippen molar-refractivity contribution >= 4 is 34.8 Å². The minimum absolute atomic E-state index is 0.0493. The zero-order valence-corrected chi connectivity index (χ0v) is 15.3. The molecule has 2 aromatic carbocycles. The van der Waals surface area contributed by atoms with Crippen LogP contribution in [0.25, 0.3) is 0 Å². The third kappa shape index (κ3) is 6.58. The molecule has 0 atom stereocenters. The normalized spacial score (nSPS) is 11.7. The van der Waals surface area contributed by atoms with Gasteiger partial charge in [0, 0.05) is 10.7 Å². The van der Waals surface area contributed by atoms with E-state index in [1.54, 1.807) is 42.6 Å². The summed E-state index contributed by atoms with van der Waals surface area (Å²) in [6, 6.07) is 12.1. The van der Waals surface area contributed by atoms with Crippen LogP contribution in [-0.2, 0) is 9.59 Å². The van der Waals surface area contributed by atoms with Gasteiger partial charge in [-0.25, -0.2) is 5.43 Å². The molecule has 28 heavy (non-hydrogen) atoms. The summed E-state index contributed by atoms with van der Waals surface area (Å²) in [7, 11) is 0. The molecule has 0 aliphatic carbocycles. The molecule has 0 heterocycles. The van der Waals surface area contributed by atoms with E-state index in [4.69, 9.17) is 16.3 Å². The van der Waals surface area contributed by atoms with Crippen LogP contribution in [0.15, 0.2) is 53.6 Å². The second kappa shape index (κ2) is 9.23. The van der Waals surface area contributed by atoms with Gasteiger partial charge in [-0.3, -0.25) is 9.59 Å². The molecule has 0 aliphatic rings.